The molecule has 1 aromatic heterocycles. The van der Waals surface area contributed by atoms with Crippen molar-refractivity contribution in [3.8, 4) is 5.75 Å². The highest BCUT2D eigenvalue weighted by Crippen LogP contribution is 2.16. The van der Waals surface area contributed by atoms with Gasteiger partial charge in [0.2, 0.25) is 0 Å². The fraction of sp³-hybridized carbons (Fsp3) is 0.267. The highest BCUT2D eigenvalue weighted by atomic mass is 16.5. The lowest BCUT2D eigenvalue weighted by Crippen LogP contribution is -2.30. The standard InChI is InChI=1S/C15H17NO4/c1-2-19-12-6-3-5-11(9-12)15(18)16-13(10-17)14-7-4-8-20-14/h3-9,13,17H,2,10H2,1H3,(H,16,18). The zero-order valence-corrected chi connectivity index (χ0v) is 11.2. The van der Waals surface area contributed by atoms with Crippen molar-refractivity contribution in [2.75, 3.05) is 13.2 Å². The maximum Gasteiger partial charge on any atom is 0.252 e. The molecule has 0 aliphatic heterocycles. The Labute approximate surface area is 117 Å². The lowest BCUT2D eigenvalue weighted by molar-refractivity contribution is 0.0907. The van der Waals surface area contributed by atoms with Gasteiger partial charge in [0.05, 0.1) is 19.5 Å². The third-order valence-electron chi connectivity index (χ3n) is 2.78. The van der Waals surface area contributed by atoms with Gasteiger partial charge in [0, 0.05) is 5.56 Å². The van der Waals surface area contributed by atoms with Crippen LogP contribution in [0.3, 0.4) is 0 Å². The summed E-state index contributed by atoms with van der Waals surface area (Å²) in [6.07, 6.45) is 1.50. The smallest absolute Gasteiger partial charge is 0.252 e. The molecule has 1 aromatic carbocycles. The maximum absolute atomic E-state index is 12.1. The highest BCUT2D eigenvalue weighted by Gasteiger charge is 2.17. The number of amides is 1. The normalized spacial score (nSPS) is 11.9. The van der Waals surface area contributed by atoms with Gasteiger partial charge in [-0.3, -0.25) is 4.79 Å². The molecule has 0 radical (unpaired) electrons. The number of furan rings is 1. The van der Waals surface area contributed by atoms with Gasteiger partial charge in [0.1, 0.15) is 17.6 Å². The molecule has 2 N–H and O–H groups in total. The minimum absolute atomic E-state index is 0.232. The van der Waals surface area contributed by atoms with Crippen molar-refractivity contribution in [2.45, 2.75) is 13.0 Å². The predicted molar refractivity (Wildman–Crippen MR) is 73.6 cm³/mol. The summed E-state index contributed by atoms with van der Waals surface area (Å²) in [6, 6.07) is 9.74. The van der Waals surface area contributed by atoms with Gasteiger partial charge >= 0.3 is 0 Å². The monoisotopic (exact) mass is 275 g/mol. The average Bonchev–Trinajstić information content (AvgIpc) is 2.99. The van der Waals surface area contributed by atoms with Crippen molar-refractivity contribution in [3.05, 3.63) is 54.0 Å². The van der Waals surface area contributed by atoms with Crippen molar-refractivity contribution in [1.29, 1.82) is 0 Å². The first-order valence-corrected chi connectivity index (χ1v) is 6.42. The van der Waals surface area contributed by atoms with Gasteiger partial charge in [0.15, 0.2) is 0 Å². The average molecular weight is 275 g/mol. The molecule has 2 rings (SSSR count). The molecule has 1 heterocycles. The Bertz CT molecular complexity index is 551. The molecule has 0 saturated heterocycles. The van der Waals surface area contributed by atoms with Crippen LogP contribution in [0.5, 0.6) is 5.75 Å². The first-order chi connectivity index (χ1) is 9.74. The van der Waals surface area contributed by atoms with Gasteiger partial charge in [-0.25, -0.2) is 0 Å². The van der Waals surface area contributed by atoms with Crippen molar-refractivity contribution >= 4 is 5.91 Å². The van der Waals surface area contributed by atoms with Gasteiger partial charge in [-0.1, -0.05) is 6.07 Å². The van der Waals surface area contributed by atoms with E-state index in [1.165, 1.54) is 6.26 Å². The zero-order valence-electron chi connectivity index (χ0n) is 11.2. The number of hydrogen-bond acceptors (Lipinski definition) is 4. The molecule has 1 atom stereocenters. The summed E-state index contributed by atoms with van der Waals surface area (Å²) in [7, 11) is 0. The number of hydrogen-bond donors (Lipinski definition) is 2. The van der Waals surface area contributed by atoms with E-state index in [1.807, 2.05) is 6.92 Å². The second kappa shape index (κ2) is 6.77. The summed E-state index contributed by atoms with van der Waals surface area (Å²) in [5.41, 5.74) is 0.473. The van der Waals surface area contributed by atoms with E-state index >= 15 is 0 Å². The SMILES string of the molecule is CCOc1cccc(C(=O)NC(CO)c2ccco2)c1. The van der Waals surface area contributed by atoms with E-state index in [-0.39, 0.29) is 12.5 Å². The van der Waals surface area contributed by atoms with Gasteiger partial charge < -0.3 is 19.6 Å². The van der Waals surface area contributed by atoms with Crippen LogP contribution in [0.1, 0.15) is 29.1 Å². The van der Waals surface area contributed by atoms with Crippen molar-refractivity contribution < 1.29 is 19.1 Å². The van der Waals surface area contributed by atoms with Crippen LogP contribution in [0, 0.1) is 0 Å². The number of carbonyl (C=O) groups excluding carboxylic acids is 1. The van der Waals surface area contributed by atoms with Crippen LogP contribution in [0.15, 0.2) is 47.1 Å². The fourth-order valence-corrected chi connectivity index (χ4v) is 1.83. The third kappa shape index (κ3) is 3.39. The van der Waals surface area contributed by atoms with Crippen LogP contribution < -0.4 is 10.1 Å². The minimum Gasteiger partial charge on any atom is -0.494 e. The topological polar surface area (TPSA) is 71.7 Å². The number of nitrogens with one attached hydrogen (secondary N) is 1. The van der Waals surface area contributed by atoms with E-state index in [9.17, 15) is 9.90 Å². The molecule has 106 valence electrons. The van der Waals surface area contributed by atoms with Gasteiger partial charge in [-0.2, -0.15) is 0 Å². The lowest BCUT2D eigenvalue weighted by Gasteiger charge is -2.14. The molecule has 5 nitrogen and oxygen atoms in total. The van der Waals surface area contributed by atoms with Gasteiger partial charge in [-0.05, 0) is 37.3 Å². The fourth-order valence-electron chi connectivity index (χ4n) is 1.83. The van der Waals surface area contributed by atoms with E-state index in [1.54, 1.807) is 36.4 Å². The molecule has 0 fully saturated rings. The molecule has 5 heteroatoms. The Morgan fingerprint density at radius 3 is 2.90 bits per heavy atom. The summed E-state index contributed by atoms with van der Waals surface area (Å²) < 4.78 is 10.5. The summed E-state index contributed by atoms with van der Waals surface area (Å²) in [5.74, 6) is 0.863. The first-order valence-electron chi connectivity index (χ1n) is 6.42. The number of rotatable bonds is 6. The maximum atomic E-state index is 12.1. The predicted octanol–water partition coefficient (Wildman–Crippen LogP) is 2.14. The van der Waals surface area contributed by atoms with Crippen molar-refractivity contribution in [1.82, 2.24) is 5.32 Å². The highest BCUT2D eigenvalue weighted by molar-refractivity contribution is 5.94. The van der Waals surface area contributed by atoms with Crippen LogP contribution in [0.4, 0.5) is 0 Å². The summed E-state index contributed by atoms with van der Waals surface area (Å²) in [6.45, 7) is 2.19. The largest absolute Gasteiger partial charge is 0.494 e. The van der Waals surface area contributed by atoms with Crippen LogP contribution in [0.25, 0.3) is 0 Å². The van der Waals surface area contributed by atoms with E-state index in [0.717, 1.165) is 0 Å². The van der Waals surface area contributed by atoms with E-state index in [4.69, 9.17) is 9.15 Å². The Balaban J connectivity index is 2.09. The number of aliphatic hydroxyl groups excluding tert-OH is 1. The van der Waals surface area contributed by atoms with Crippen LogP contribution in [-0.4, -0.2) is 24.2 Å². The Morgan fingerprint density at radius 2 is 2.25 bits per heavy atom. The van der Waals surface area contributed by atoms with Gasteiger partial charge in [-0.15, -0.1) is 0 Å². The van der Waals surface area contributed by atoms with E-state index in [2.05, 4.69) is 5.32 Å². The van der Waals surface area contributed by atoms with Crippen LogP contribution in [0.2, 0.25) is 0 Å². The molecule has 0 saturated carbocycles. The lowest BCUT2D eigenvalue weighted by atomic mass is 10.1. The molecule has 2 aromatic rings. The van der Waals surface area contributed by atoms with Gasteiger partial charge in [0.25, 0.3) is 5.91 Å². The molecule has 0 bridgehead atoms. The molecule has 20 heavy (non-hydrogen) atoms. The molecule has 1 amide bonds. The number of ether oxygens (including phenoxy) is 1. The van der Waals surface area contributed by atoms with Crippen LogP contribution >= 0.6 is 0 Å². The second-order valence-electron chi connectivity index (χ2n) is 4.18. The first kappa shape index (κ1) is 14.1. The van der Waals surface area contributed by atoms with E-state index in [0.29, 0.717) is 23.7 Å². The Kier molecular flexibility index (Phi) is 4.79. The summed E-state index contributed by atoms with van der Waals surface area (Å²) in [5, 5.41) is 12.0. The summed E-state index contributed by atoms with van der Waals surface area (Å²) in [4.78, 5) is 12.1. The molecule has 0 aliphatic carbocycles. The number of aliphatic hydroxyl groups is 1. The molecule has 1 unspecified atom stereocenters. The van der Waals surface area contributed by atoms with Crippen LogP contribution in [-0.2, 0) is 0 Å². The molecule has 0 aliphatic rings. The van der Waals surface area contributed by atoms with Crippen molar-refractivity contribution in [3.63, 3.8) is 0 Å². The van der Waals surface area contributed by atoms with E-state index < -0.39 is 6.04 Å². The molecular formula is C15H17NO4. The summed E-state index contributed by atoms with van der Waals surface area (Å²) >= 11 is 0. The molecule has 0 spiro atoms. The third-order valence-corrected chi connectivity index (χ3v) is 2.78. The second-order valence-corrected chi connectivity index (χ2v) is 4.18. The minimum atomic E-state index is -0.562. The zero-order chi connectivity index (χ0) is 14.4. The van der Waals surface area contributed by atoms with Crippen molar-refractivity contribution in [2.24, 2.45) is 0 Å². The number of carbonyl (C=O) groups is 1. The number of benzene rings is 1. The molecular weight excluding hydrogens is 258 g/mol. The Hall–Kier alpha value is -2.27. The quantitative estimate of drug-likeness (QED) is 0.847. The Morgan fingerprint density at radius 1 is 1.40 bits per heavy atom.